The van der Waals surface area contributed by atoms with E-state index in [2.05, 4.69) is 10.2 Å². The molecule has 1 atom stereocenters. The maximum absolute atomic E-state index is 11.4. The number of carbonyl (C=O) groups is 1. The lowest BCUT2D eigenvalue weighted by Crippen LogP contribution is -2.48. The highest BCUT2D eigenvalue weighted by Gasteiger charge is 2.28. The Morgan fingerprint density at radius 3 is 2.44 bits per heavy atom. The first-order chi connectivity index (χ1) is 8.20. The van der Waals surface area contributed by atoms with Crippen LogP contribution in [0.4, 0.5) is 0 Å². The van der Waals surface area contributed by atoms with Crippen LogP contribution in [-0.4, -0.2) is 49.7 Å². The first-order valence-corrected chi connectivity index (χ1v) is 6.76. The van der Waals surface area contributed by atoms with Crippen molar-refractivity contribution < 1.29 is 9.53 Å². The summed E-state index contributed by atoms with van der Waals surface area (Å²) in [6, 6.07) is 0.557. The SMILES string of the molecule is COC(=O)C(C)N1CCC(NCC2CC2)CC1.Cl. The van der Waals surface area contributed by atoms with Gasteiger partial charge in [-0.25, -0.2) is 0 Å². The quantitative estimate of drug-likeness (QED) is 0.772. The highest BCUT2D eigenvalue weighted by molar-refractivity contribution is 5.85. The summed E-state index contributed by atoms with van der Waals surface area (Å²) in [5, 5.41) is 3.64. The number of hydrogen-bond donors (Lipinski definition) is 1. The smallest absolute Gasteiger partial charge is 0.322 e. The van der Waals surface area contributed by atoms with Gasteiger partial charge in [-0.15, -0.1) is 12.4 Å². The van der Waals surface area contributed by atoms with Gasteiger partial charge in [0.25, 0.3) is 0 Å². The maximum atomic E-state index is 11.4. The monoisotopic (exact) mass is 276 g/mol. The van der Waals surface area contributed by atoms with Gasteiger partial charge in [0, 0.05) is 19.1 Å². The summed E-state index contributed by atoms with van der Waals surface area (Å²) in [6.45, 7) is 5.12. The van der Waals surface area contributed by atoms with Crippen LogP contribution in [0.2, 0.25) is 0 Å². The molecule has 18 heavy (non-hydrogen) atoms. The Bertz CT molecular complexity index is 264. The summed E-state index contributed by atoms with van der Waals surface area (Å²) < 4.78 is 4.78. The molecule has 0 spiro atoms. The van der Waals surface area contributed by atoms with Crippen molar-refractivity contribution >= 4 is 18.4 Å². The topological polar surface area (TPSA) is 41.6 Å². The lowest BCUT2D eigenvalue weighted by Gasteiger charge is -2.35. The van der Waals surface area contributed by atoms with E-state index in [1.807, 2.05) is 6.92 Å². The molecule has 2 rings (SSSR count). The molecule has 4 nitrogen and oxygen atoms in total. The van der Waals surface area contributed by atoms with E-state index in [-0.39, 0.29) is 24.4 Å². The summed E-state index contributed by atoms with van der Waals surface area (Å²) >= 11 is 0. The third-order valence-corrected chi connectivity index (χ3v) is 4.01. The van der Waals surface area contributed by atoms with Gasteiger partial charge < -0.3 is 10.1 Å². The third-order valence-electron chi connectivity index (χ3n) is 4.01. The van der Waals surface area contributed by atoms with Gasteiger partial charge in [-0.2, -0.15) is 0 Å². The van der Waals surface area contributed by atoms with Crippen LogP contribution >= 0.6 is 12.4 Å². The Kier molecular flexibility index (Phi) is 6.39. The van der Waals surface area contributed by atoms with Crippen LogP contribution < -0.4 is 5.32 Å². The molecule has 1 saturated carbocycles. The lowest BCUT2D eigenvalue weighted by molar-refractivity contribution is -0.146. The van der Waals surface area contributed by atoms with Crippen molar-refractivity contribution in [3.63, 3.8) is 0 Å². The lowest BCUT2D eigenvalue weighted by atomic mass is 10.0. The van der Waals surface area contributed by atoms with Gasteiger partial charge in [0.1, 0.15) is 6.04 Å². The minimum atomic E-state index is -0.116. The van der Waals surface area contributed by atoms with Crippen LogP contribution in [0.5, 0.6) is 0 Å². The molecule has 0 aromatic carbocycles. The van der Waals surface area contributed by atoms with Gasteiger partial charge in [0.05, 0.1) is 7.11 Å². The number of carbonyl (C=O) groups excluding carboxylic acids is 1. The number of hydrogen-bond acceptors (Lipinski definition) is 4. The van der Waals surface area contributed by atoms with E-state index in [9.17, 15) is 4.79 Å². The summed E-state index contributed by atoms with van der Waals surface area (Å²) in [4.78, 5) is 13.7. The van der Waals surface area contributed by atoms with Crippen LogP contribution in [0, 0.1) is 5.92 Å². The molecule has 1 heterocycles. The van der Waals surface area contributed by atoms with Crippen molar-refractivity contribution in [3.8, 4) is 0 Å². The van der Waals surface area contributed by atoms with E-state index in [0.29, 0.717) is 6.04 Å². The molecule has 106 valence electrons. The molecule has 0 radical (unpaired) electrons. The van der Waals surface area contributed by atoms with Crippen LogP contribution in [-0.2, 0) is 9.53 Å². The van der Waals surface area contributed by atoms with E-state index in [0.717, 1.165) is 31.8 Å². The minimum Gasteiger partial charge on any atom is -0.468 e. The average Bonchev–Trinajstić information content (AvgIpc) is 3.19. The van der Waals surface area contributed by atoms with E-state index in [1.165, 1.54) is 26.5 Å². The fourth-order valence-corrected chi connectivity index (χ4v) is 2.47. The molecule has 0 bridgehead atoms. The Morgan fingerprint density at radius 2 is 1.94 bits per heavy atom. The Labute approximate surface area is 116 Å². The zero-order valence-electron chi connectivity index (χ0n) is 11.4. The largest absolute Gasteiger partial charge is 0.468 e. The van der Waals surface area contributed by atoms with Crippen LogP contribution in [0.1, 0.15) is 32.6 Å². The van der Waals surface area contributed by atoms with Gasteiger partial charge in [0.15, 0.2) is 0 Å². The van der Waals surface area contributed by atoms with Gasteiger partial charge >= 0.3 is 5.97 Å². The number of methoxy groups -OCH3 is 1. The van der Waals surface area contributed by atoms with E-state index in [1.54, 1.807) is 0 Å². The molecule has 1 N–H and O–H groups in total. The predicted octanol–water partition coefficient (Wildman–Crippen LogP) is 1.43. The van der Waals surface area contributed by atoms with Crippen molar-refractivity contribution in [1.82, 2.24) is 10.2 Å². The number of nitrogens with zero attached hydrogens (tertiary/aromatic N) is 1. The Hall–Kier alpha value is -0.320. The van der Waals surface area contributed by atoms with Crippen molar-refractivity contribution in [2.24, 2.45) is 5.92 Å². The third kappa shape index (κ3) is 4.41. The summed E-state index contributed by atoms with van der Waals surface area (Å²) in [6.07, 6.45) is 5.11. The zero-order chi connectivity index (χ0) is 12.3. The van der Waals surface area contributed by atoms with Crippen molar-refractivity contribution in [1.29, 1.82) is 0 Å². The van der Waals surface area contributed by atoms with Crippen LogP contribution in [0.25, 0.3) is 0 Å². The average molecular weight is 277 g/mol. The fraction of sp³-hybridized carbons (Fsp3) is 0.923. The minimum absolute atomic E-state index is 0. The van der Waals surface area contributed by atoms with Crippen molar-refractivity contribution in [2.45, 2.75) is 44.7 Å². The molecule has 0 aromatic rings. The molecule has 1 unspecified atom stereocenters. The summed E-state index contributed by atoms with van der Waals surface area (Å²) in [5.41, 5.74) is 0. The number of nitrogens with one attached hydrogen (secondary N) is 1. The standard InChI is InChI=1S/C13H24N2O2.ClH/c1-10(13(16)17-2)15-7-5-12(6-8-15)14-9-11-3-4-11;/h10-12,14H,3-9H2,1-2H3;1H. The van der Waals surface area contributed by atoms with Gasteiger partial charge in [0.2, 0.25) is 0 Å². The second-order valence-corrected chi connectivity index (χ2v) is 5.36. The number of rotatable bonds is 5. The highest BCUT2D eigenvalue weighted by atomic mass is 35.5. The summed E-state index contributed by atoms with van der Waals surface area (Å²) in [7, 11) is 1.46. The molecule has 0 aromatic heterocycles. The Balaban J connectivity index is 0.00000162. The van der Waals surface area contributed by atoms with Gasteiger partial charge in [-0.1, -0.05) is 0 Å². The van der Waals surface area contributed by atoms with Crippen LogP contribution in [0.3, 0.4) is 0 Å². The van der Waals surface area contributed by atoms with Crippen LogP contribution in [0.15, 0.2) is 0 Å². The molecular weight excluding hydrogens is 252 g/mol. The second-order valence-electron chi connectivity index (χ2n) is 5.36. The highest BCUT2D eigenvalue weighted by Crippen LogP contribution is 2.28. The predicted molar refractivity (Wildman–Crippen MR) is 74.0 cm³/mol. The number of piperidine rings is 1. The number of esters is 1. The molecule has 0 amide bonds. The normalized spacial score (nSPS) is 23.2. The molecule has 1 aliphatic heterocycles. The molecule has 1 saturated heterocycles. The molecular formula is C13H25ClN2O2. The first kappa shape index (κ1) is 15.7. The van der Waals surface area contributed by atoms with Crippen molar-refractivity contribution in [2.75, 3.05) is 26.7 Å². The second kappa shape index (κ2) is 7.31. The number of halogens is 1. The van der Waals surface area contributed by atoms with E-state index in [4.69, 9.17) is 4.74 Å². The van der Waals surface area contributed by atoms with Crippen molar-refractivity contribution in [3.05, 3.63) is 0 Å². The molecule has 5 heteroatoms. The fourth-order valence-electron chi connectivity index (χ4n) is 2.47. The molecule has 2 fully saturated rings. The van der Waals surface area contributed by atoms with Gasteiger partial charge in [-0.05, 0) is 45.1 Å². The number of ether oxygens (including phenoxy) is 1. The Morgan fingerprint density at radius 1 is 1.33 bits per heavy atom. The maximum Gasteiger partial charge on any atom is 0.322 e. The number of likely N-dealkylation sites (tertiary alicyclic amines) is 1. The van der Waals surface area contributed by atoms with Gasteiger partial charge in [-0.3, -0.25) is 9.69 Å². The van der Waals surface area contributed by atoms with E-state index >= 15 is 0 Å². The summed E-state index contributed by atoms with van der Waals surface area (Å²) in [5.74, 6) is 0.830. The molecule has 1 aliphatic carbocycles. The first-order valence-electron chi connectivity index (χ1n) is 6.76. The zero-order valence-corrected chi connectivity index (χ0v) is 12.2. The molecule has 2 aliphatic rings. The van der Waals surface area contributed by atoms with E-state index < -0.39 is 0 Å².